The summed E-state index contributed by atoms with van der Waals surface area (Å²) in [7, 11) is 0. The van der Waals surface area contributed by atoms with Crippen molar-refractivity contribution in [1.82, 2.24) is 19.4 Å². The minimum atomic E-state index is -1.06. The highest BCUT2D eigenvalue weighted by Gasteiger charge is 2.31. The number of carboxylic acids is 1. The van der Waals surface area contributed by atoms with Gasteiger partial charge in [0.25, 0.3) is 0 Å². The van der Waals surface area contributed by atoms with Gasteiger partial charge >= 0.3 is 5.97 Å². The van der Waals surface area contributed by atoms with Crippen molar-refractivity contribution in [1.29, 1.82) is 0 Å². The van der Waals surface area contributed by atoms with Crippen LogP contribution in [0.15, 0.2) is 48.5 Å². The number of hydrogen-bond donors (Lipinski definition) is 1. The molecule has 1 unspecified atom stereocenters. The molecule has 2 atom stereocenters. The number of carbonyl (C=O) groups is 1. The highest BCUT2D eigenvalue weighted by Crippen LogP contribution is 2.45. The van der Waals surface area contributed by atoms with Crippen LogP contribution in [0.5, 0.6) is 11.5 Å². The van der Waals surface area contributed by atoms with Crippen LogP contribution in [0.25, 0.3) is 11.2 Å². The first-order valence-electron chi connectivity index (χ1n) is 14.2. The van der Waals surface area contributed by atoms with E-state index in [0.29, 0.717) is 46.3 Å². The second kappa shape index (κ2) is 11.2. The first-order chi connectivity index (χ1) is 20.4. The van der Waals surface area contributed by atoms with Crippen LogP contribution < -0.4 is 9.47 Å². The van der Waals surface area contributed by atoms with E-state index in [1.54, 1.807) is 18.2 Å². The maximum Gasteiger partial charge on any atom is 0.354 e. The van der Waals surface area contributed by atoms with Gasteiger partial charge in [-0.05, 0) is 68.6 Å². The van der Waals surface area contributed by atoms with Gasteiger partial charge in [0.05, 0.1) is 19.2 Å². The Kier molecular flexibility index (Phi) is 7.21. The van der Waals surface area contributed by atoms with E-state index in [0.717, 1.165) is 50.3 Å². The summed E-state index contributed by atoms with van der Waals surface area (Å²) in [6.45, 7) is 3.89. The first-order valence-corrected chi connectivity index (χ1v) is 14.6. The van der Waals surface area contributed by atoms with E-state index >= 15 is 0 Å². The predicted octanol–water partition coefficient (Wildman–Crippen LogP) is 5.60. The molecule has 0 aliphatic carbocycles. The molecule has 5 heterocycles. The van der Waals surface area contributed by atoms with Gasteiger partial charge < -0.3 is 23.9 Å². The molecule has 2 saturated heterocycles. The van der Waals surface area contributed by atoms with Crippen molar-refractivity contribution in [3.05, 3.63) is 82.0 Å². The van der Waals surface area contributed by atoms with Crippen LogP contribution in [-0.4, -0.2) is 62.9 Å². The number of likely N-dealkylation sites (tertiary alicyclic amines) is 1. The fourth-order valence-corrected chi connectivity index (χ4v) is 6.22. The normalized spacial score (nSPS) is 20.9. The molecule has 0 amide bonds. The Bertz CT molecular complexity index is 1650. The number of rotatable bonds is 7. The summed E-state index contributed by atoms with van der Waals surface area (Å²) in [6, 6.07) is 13.8. The van der Waals surface area contributed by atoms with E-state index in [-0.39, 0.29) is 24.3 Å². The quantitative estimate of drug-likeness (QED) is 0.296. The average Bonchev–Trinajstić information content (AvgIpc) is 3.30. The number of para-hydroxylation sites is 1. The lowest BCUT2D eigenvalue weighted by Gasteiger charge is -2.35. The number of fused-ring (bicyclic) bond motifs is 2. The zero-order valence-electron chi connectivity index (χ0n) is 22.8. The van der Waals surface area contributed by atoms with Crippen molar-refractivity contribution in [3.63, 3.8) is 0 Å². The Labute approximate surface area is 246 Å². The summed E-state index contributed by atoms with van der Waals surface area (Å²) >= 11 is 5.95. The van der Waals surface area contributed by atoms with Gasteiger partial charge in [0.2, 0.25) is 0 Å². The summed E-state index contributed by atoms with van der Waals surface area (Å²) in [5, 5.41) is 9.81. The van der Waals surface area contributed by atoms with Crippen LogP contribution in [0.4, 0.5) is 4.39 Å². The summed E-state index contributed by atoms with van der Waals surface area (Å²) in [5.41, 5.74) is 2.77. The largest absolute Gasteiger partial charge is 0.485 e. The Morgan fingerprint density at radius 2 is 1.90 bits per heavy atom. The van der Waals surface area contributed by atoms with Crippen molar-refractivity contribution in [2.45, 2.75) is 50.5 Å². The number of halogens is 2. The fraction of sp³-hybridized carbons (Fsp3) is 0.387. The van der Waals surface area contributed by atoms with E-state index in [4.69, 9.17) is 30.8 Å². The molecule has 2 aromatic heterocycles. The monoisotopic (exact) mass is 592 g/mol. The van der Waals surface area contributed by atoms with Gasteiger partial charge in [-0.25, -0.2) is 19.2 Å². The number of imidazole rings is 1. The van der Waals surface area contributed by atoms with Crippen LogP contribution in [0.1, 0.15) is 58.7 Å². The summed E-state index contributed by atoms with van der Waals surface area (Å²) in [4.78, 5) is 23.2. The molecule has 3 aliphatic rings. The van der Waals surface area contributed by atoms with Crippen LogP contribution in [0, 0.1) is 5.82 Å². The predicted molar refractivity (Wildman–Crippen MR) is 153 cm³/mol. The average molecular weight is 593 g/mol. The van der Waals surface area contributed by atoms with Crippen molar-refractivity contribution >= 4 is 28.7 Å². The Morgan fingerprint density at radius 3 is 2.64 bits per heavy atom. The highest BCUT2D eigenvalue weighted by molar-refractivity contribution is 6.30. The molecule has 0 spiro atoms. The van der Waals surface area contributed by atoms with E-state index in [9.17, 15) is 14.3 Å². The number of aromatic nitrogens is 3. The Morgan fingerprint density at radius 1 is 1.07 bits per heavy atom. The lowest BCUT2D eigenvalue weighted by atomic mass is 9.88. The molecular weight excluding hydrogens is 563 g/mol. The molecular formula is C31H30ClFN4O5. The smallest absolute Gasteiger partial charge is 0.354 e. The van der Waals surface area contributed by atoms with E-state index < -0.39 is 17.9 Å². The molecule has 9 nitrogen and oxygen atoms in total. The third kappa shape index (κ3) is 5.19. The standard InChI is InChI=1S/C31H30ClFN4O5/c32-19-4-5-22(23(33)14-19)27-17-41-26-3-1-2-21(29(26)42-27)18-8-11-36(12-9-18)16-28-34-24-6-7-25(31(38)39)35-30(24)37(28)15-20-10-13-40-20/h1-7,14,18,20,27H,8-13,15-17H2,(H,38,39)/t20-,27?/m0/s1. The Hall–Kier alpha value is -3.73. The van der Waals surface area contributed by atoms with E-state index in [1.807, 2.05) is 16.7 Å². The molecule has 2 aromatic carbocycles. The van der Waals surface area contributed by atoms with Gasteiger partial charge in [-0.1, -0.05) is 29.8 Å². The molecule has 218 valence electrons. The molecule has 11 heteroatoms. The summed E-state index contributed by atoms with van der Waals surface area (Å²) < 4.78 is 34.8. The molecule has 0 bridgehead atoms. The summed E-state index contributed by atoms with van der Waals surface area (Å²) in [6.07, 6.45) is 2.31. The van der Waals surface area contributed by atoms with Gasteiger partial charge in [-0.3, -0.25) is 4.90 Å². The van der Waals surface area contributed by atoms with E-state index in [2.05, 4.69) is 16.0 Å². The summed E-state index contributed by atoms with van der Waals surface area (Å²) in [5.74, 6) is 1.01. The maximum absolute atomic E-state index is 14.7. The minimum absolute atomic E-state index is 0.00368. The fourth-order valence-electron chi connectivity index (χ4n) is 6.07. The number of hydrogen-bond acceptors (Lipinski definition) is 7. The van der Waals surface area contributed by atoms with Crippen molar-refractivity contribution < 1.29 is 28.5 Å². The molecule has 3 aliphatic heterocycles. The lowest BCUT2D eigenvalue weighted by Crippen LogP contribution is -2.35. The number of piperidine rings is 1. The molecule has 42 heavy (non-hydrogen) atoms. The zero-order chi connectivity index (χ0) is 28.8. The number of aromatic carboxylic acids is 1. The zero-order valence-corrected chi connectivity index (χ0v) is 23.6. The molecule has 4 aromatic rings. The molecule has 0 radical (unpaired) electrons. The Balaban J connectivity index is 1.07. The van der Waals surface area contributed by atoms with Gasteiger partial charge in [0.15, 0.2) is 28.9 Å². The highest BCUT2D eigenvalue weighted by atomic mass is 35.5. The van der Waals surface area contributed by atoms with Gasteiger partial charge in [-0.2, -0.15) is 0 Å². The van der Waals surface area contributed by atoms with Crippen LogP contribution >= 0.6 is 11.6 Å². The molecule has 0 saturated carbocycles. The number of ether oxygens (including phenoxy) is 3. The van der Waals surface area contributed by atoms with Gasteiger partial charge in [-0.15, -0.1) is 0 Å². The number of nitrogens with zero attached hydrogens (tertiary/aromatic N) is 4. The van der Waals surface area contributed by atoms with Crippen LogP contribution in [-0.2, 0) is 17.8 Å². The maximum atomic E-state index is 14.7. The topological polar surface area (TPSA) is 98.9 Å². The number of carboxylic acid groups (broad SMARTS) is 1. The lowest BCUT2D eigenvalue weighted by molar-refractivity contribution is -0.0593. The van der Waals surface area contributed by atoms with Crippen molar-refractivity contribution in [2.24, 2.45) is 0 Å². The van der Waals surface area contributed by atoms with Gasteiger partial charge in [0, 0.05) is 22.8 Å². The SMILES string of the molecule is O=C(O)c1ccc2nc(CN3CCC(c4cccc5c4OC(c4ccc(Cl)cc4F)CO5)CC3)n(C[C@@H]3CCO3)c2n1. The minimum Gasteiger partial charge on any atom is -0.485 e. The molecule has 2 fully saturated rings. The number of benzene rings is 2. The third-order valence-corrected chi connectivity index (χ3v) is 8.67. The van der Waals surface area contributed by atoms with Gasteiger partial charge in [0.1, 0.15) is 23.8 Å². The second-order valence-corrected chi connectivity index (χ2v) is 11.5. The molecule has 1 N–H and O–H groups in total. The van der Waals surface area contributed by atoms with Crippen molar-refractivity contribution in [3.8, 4) is 11.5 Å². The second-order valence-electron chi connectivity index (χ2n) is 11.1. The van der Waals surface area contributed by atoms with Crippen molar-refractivity contribution in [2.75, 3.05) is 26.3 Å². The molecule has 7 rings (SSSR count). The van der Waals surface area contributed by atoms with Crippen LogP contribution in [0.3, 0.4) is 0 Å². The van der Waals surface area contributed by atoms with Crippen LogP contribution in [0.2, 0.25) is 5.02 Å². The number of pyridine rings is 1. The first kappa shape index (κ1) is 27.1. The third-order valence-electron chi connectivity index (χ3n) is 8.43. The van der Waals surface area contributed by atoms with E-state index in [1.165, 1.54) is 12.1 Å².